The molecule has 0 radical (unpaired) electrons. The number of carbonyl (C=O) groups is 2. The predicted molar refractivity (Wildman–Crippen MR) is 73.7 cm³/mol. The molecule has 0 fully saturated rings. The van der Waals surface area contributed by atoms with E-state index >= 15 is 0 Å². The molecule has 1 aliphatic rings. The van der Waals surface area contributed by atoms with E-state index in [1.54, 1.807) is 18.2 Å². The highest BCUT2D eigenvalue weighted by Crippen LogP contribution is 2.24. The third-order valence-electron chi connectivity index (χ3n) is 3.31. The van der Waals surface area contributed by atoms with E-state index in [4.69, 9.17) is 4.42 Å². The number of anilines is 1. The van der Waals surface area contributed by atoms with Gasteiger partial charge < -0.3 is 9.73 Å². The lowest BCUT2D eigenvalue weighted by Gasteiger charge is -2.13. The maximum atomic E-state index is 11.6. The zero-order chi connectivity index (χ0) is 14.3. The molecular formula is C15H14N2O3. The number of rotatable bonds is 3. The van der Waals surface area contributed by atoms with E-state index < -0.39 is 0 Å². The Hall–Kier alpha value is -2.56. The lowest BCUT2D eigenvalue weighted by Crippen LogP contribution is -2.19. The molecule has 2 aromatic rings. The van der Waals surface area contributed by atoms with E-state index in [0.29, 0.717) is 11.1 Å². The van der Waals surface area contributed by atoms with Gasteiger partial charge in [0, 0.05) is 5.69 Å². The molecule has 2 heterocycles. The van der Waals surface area contributed by atoms with Crippen molar-refractivity contribution in [2.24, 2.45) is 0 Å². The molecule has 102 valence electrons. The Morgan fingerprint density at radius 2 is 1.85 bits per heavy atom. The number of amides is 2. The lowest BCUT2D eigenvalue weighted by molar-refractivity contribution is 0.0879. The summed E-state index contributed by atoms with van der Waals surface area (Å²) >= 11 is 0. The second kappa shape index (κ2) is 4.52. The van der Waals surface area contributed by atoms with Crippen LogP contribution in [0.2, 0.25) is 0 Å². The van der Waals surface area contributed by atoms with Crippen molar-refractivity contribution in [2.75, 3.05) is 5.32 Å². The van der Waals surface area contributed by atoms with Crippen molar-refractivity contribution in [1.82, 2.24) is 5.32 Å². The van der Waals surface area contributed by atoms with Crippen molar-refractivity contribution in [1.29, 1.82) is 0 Å². The molecule has 5 nitrogen and oxygen atoms in total. The molecule has 0 aliphatic carbocycles. The SMILES string of the molecule is Cc1ccc(C(C)Nc2ccc3c(c2)C(=O)NC3=O)o1. The number of furan rings is 1. The molecule has 0 saturated carbocycles. The molecule has 1 atom stereocenters. The van der Waals surface area contributed by atoms with Gasteiger partial charge in [0.15, 0.2) is 0 Å². The van der Waals surface area contributed by atoms with Crippen LogP contribution in [0, 0.1) is 6.92 Å². The first-order valence-electron chi connectivity index (χ1n) is 6.37. The van der Waals surface area contributed by atoms with E-state index in [-0.39, 0.29) is 17.9 Å². The Balaban J connectivity index is 1.84. The second-order valence-corrected chi connectivity index (χ2v) is 4.86. The predicted octanol–water partition coefficient (Wildman–Crippen LogP) is 2.64. The molecule has 3 rings (SSSR count). The first-order chi connectivity index (χ1) is 9.54. The van der Waals surface area contributed by atoms with Crippen LogP contribution in [0.1, 0.15) is 45.2 Å². The van der Waals surface area contributed by atoms with Crippen molar-refractivity contribution in [3.63, 3.8) is 0 Å². The zero-order valence-corrected chi connectivity index (χ0v) is 11.2. The zero-order valence-electron chi connectivity index (χ0n) is 11.2. The molecule has 1 aliphatic heterocycles. The number of hydrogen-bond acceptors (Lipinski definition) is 4. The van der Waals surface area contributed by atoms with Gasteiger partial charge in [-0.3, -0.25) is 14.9 Å². The quantitative estimate of drug-likeness (QED) is 0.841. The van der Waals surface area contributed by atoms with Crippen molar-refractivity contribution in [3.05, 3.63) is 53.0 Å². The highest BCUT2D eigenvalue weighted by atomic mass is 16.3. The van der Waals surface area contributed by atoms with E-state index in [9.17, 15) is 9.59 Å². The Kier molecular flexibility index (Phi) is 2.82. The van der Waals surface area contributed by atoms with Crippen LogP contribution in [0.15, 0.2) is 34.7 Å². The molecule has 1 aromatic heterocycles. The molecule has 0 saturated heterocycles. The van der Waals surface area contributed by atoms with Gasteiger partial charge in [0.05, 0.1) is 17.2 Å². The average molecular weight is 270 g/mol. The topological polar surface area (TPSA) is 71.3 Å². The van der Waals surface area contributed by atoms with Crippen molar-refractivity contribution in [2.45, 2.75) is 19.9 Å². The molecular weight excluding hydrogens is 256 g/mol. The van der Waals surface area contributed by atoms with E-state index in [2.05, 4.69) is 10.6 Å². The first kappa shape index (κ1) is 12.5. The van der Waals surface area contributed by atoms with Gasteiger partial charge in [0.2, 0.25) is 0 Å². The minimum Gasteiger partial charge on any atom is -0.464 e. The molecule has 0 spiro atoms. The van der Waals surface area contributed by atoms with E-state index in [1.165, 1.54) is 0 Å². The maximum absolute atomic E-state index is 11.6. The minimum atomic E-state index is -0.352. The normalized spacial score (nSPS) is 14.9. The third kappa shape index (κ3) is 2.07. The molecule has 2 amide bonds. The first-order valence-corrected chi connectivity index (χ1v) is 6.37. The van der Waals surface area contributed by atoms with Crippen LogP contribution in [-0.4, -0.2) is 11.8 Å². The highest BCUT2D eigenvalue weighted by molar-refractivity contribution is 6.21. The fourth-order valence-corrected chi connectivity index (χ4v) is 2.26. The largest absolute Gasteiger partial charge is 0.464 e. The Morgan fingerprint density at radius 3 is 2.55 bits per heavy atom. The Morgan fingerprint density at radius 1 is 1.10 bits per heavy atom. The summed E-state index contributed by atoms with van der Waals surface area (Å²) in [6.07, 6.45) is 0. The monoisotopic (exact) mass is 270 g/mol. The smallest absolute Gasteiger partial charge is 0.259 e. The number of hydrogen-bond donors (Lipinski definition) is 2. The van der Waals surface area contributed by atoms with Gasteiger partial charge in [-0.2, -0.15) is 0 Å². The maximum Gasteiger partial charge on any atom is 0.259 e. The summed E-state index contributed by atoms with van der Waals surface area (Å²) in [7, 11) is 0. The van der Waals surface area contributed by atoms with E-state index in [0.717, 1.165) is 17.2 Å². The van der Waals surface area contributed by atoms with E-state index in [1.807, 2.05) is 26.0 Å². The molecule has 20 heavy (non-hydrogen) atoms. The van der Waals surface area contributed by atoms with Crippen molar-refractivity contribution < 1.29 is 14.0 Å². The summed E-state index contributed by atoms with van der Waals surface area (Å²) < 4.78 is 5.55. The number of imide groups is 1. The summed E-state index contributed by atoms with van der Waals surface area (Å²) in [6.45, 7) is 3.86. The van der Waals surface area contributed by atoms with Gasteiger partial charge in [0.1, 0.15) is 11.5 Å². The number of aryl methyl sites for hydroxylation is 1. The van der Waals surface area contributed by atoms with Crippen LogP contribution in [-0.2, 0) is 0 Å². The second-order valence-electron chi connectivity index (χ2n) is 4.86. The number of benzene rings is 1. The number of carbonyl (C=O) groups excluding carboxylic acids is 2. The van der Waals surface area contributed by atoms with Gasteiger partial charge in [-0.05, 0) is 44.2 Å². The average Bonchev–Trinajstić information content (AvgIpc) is 2.95. The summed E-state index contributed by atoms with van der Waals surface area (Å²) in [6, 6.07) is 8.91. The van der Waals surface area contributed by atoms with Crippen LogP contribution >= 0.6 is 0 Å². The van der Waals surface area contributed by atoms with Crippen LogP contribution in [0.4, 0.5) is 5.69 Å². The van der Waals surface area contributed by atoms with Gasteiger partial charge in [-0.1, -0.05) is 0 Å². The standard InChI is InChI=1S/C15H14N2O3/c1-8-3-6-13(20-8)9(2)16-10-4-5-11-12(7-10)15(19)17-14(11)18/h3-7,9,16H,1-2H3,(H,17,18,19). The third-order valence-corrected chi connectivity index (χ3v) is 3.31. The lowest BCUT2D eigenvalue weighted by atomic mass is 10.1. The minimum absolute atomic E-state index is 0.0260. The molecule has 1 unspecified atom stereocenters. The number of nitrogens with one attached hydrogen (secondary N) is 2. The summed E-state index contributed by atoms with van der Waals surface area (Å²) in [5, 5.41) is 5.53. The van der Waals surface area contributed by atoms with Crippen molar-refractivity contribution >= 4 is 17.5 Å². The number of fused-ring (bicyclic) bond motifs is 1. The van der Waals surface area contributed by atoms with Crippen LogP contribution in [0.3, 0.4) is 0 Å². The summed E-state index contributed by atoms with van der Waals surface area (Å²) in [5.41, 5.74) is 1.60. The fourth-order valence-electron chi connectivity index (χ4n) is 2.26. The Bertz CT molecular complexity index is 703. The van der Waals surface area contributed by atoms with Crippen LogP contribution in [0.25, 0.3) is 0 Å². The van der Waals surface area contributed by atoms with Crippen molar-refractivity contribution in [3.8, 4) is 0 Å². The fraction of sp³-hybridized carbons (Fsp3) is 0.200. The van der Waals surface area contributed by atoms with Gasteiger partial charge >= 0.3 is 0 Å². The highest BCUT2D eigenvalue weighted by Gasteiger charge is 2.26. The molecule has 2 N–H and O–H groups in total. The van der Waals surface area contributed by atoms with Gasteiger partial charge in [-0.25, -0.2) is 0 Å². The van der Waals surface area contributed by atoms with Gasteiger partial charge in [-0.15, -0.1) is 0 Å². The molecule has 5 heteroatoms. The Labute approximate surface area is 116 Å². The molecule has 1 aromatic carbocycles. The van der Waals surface area contributed by atoms with Crippen LogP contribution < -0.4 is 10.6 Å². The summed E-state index contributed by atoms with van der Waals surface area (Å²) in [5.74, 6) is 0.984. The molecule has 0 bridgehead atoms. The van der Waals surface area contributed by atoms with Gasteiger partial charge in [0.25, 0.3) is 11.8 Å². The van der Waals surface area contributed by atoms with Crippen LogP contribution in [0.5, 0.6) is 0 Å². The summed E-state index contributed by atoms with van der Waals surface area (Å²) in [4.78, 5) is 23.1.